The van der Waals surface area contributed by atoms with Gasteiger partial charge in [0, 0.05) is 42.6 Å². The van der Waals surface area contributed by atoms with Crippen molar-refractivity contribution < 1.29 is 18.7 Å². The lowest BCUT2D eigenvalue weighted by atomic mass is 10.0. The number of carbonyl (C=O) groups is 1. The normalized spacial score (nSPS) is 22.9. The van der Waals surface area contributed by atoms with E-state index in [2.05, 4.69) is 20.4 Å². The number of rotatable bonds is 6. The predicted molar refractivity (Wildman–Crippen MR) is 118 cm³/mol. The Kier molecular flexibility index (Phi) is 4.88. The lowest BCUT2D eigenvalue weighted by molar-refractivity contribution is -0.122. The fraction of sp³-hybridized carbons (Fsp3) is 0.375. The molecule has 2 unspecified atom stereocenters. The maximum absolute atomic E-state index is 11.7. The number of hydrazone groups is 1. The molecule has 3 aromatic rings. The number of ether oxygens (including phenoxy) is 2. The van der Waals surface area contributed by atoms with Gasteiger partial charge in [-0.2, -0.15) is 5.10 Å². The van der Waals surface area contributed by atoms with Gasteiger partial charge in [0.1, 0.15) is 17.9 Å². The number of nitrogens with zero attached hydrogens (tertiary/aromatic N) is 3. The first-order valence-electron chi connectivity index (χ1n) is 11.1. The average Bonchev–Trinajstić information content (AvgIpc) is 3.53. The molecule has 1 aliphatic carbocycles. The van der Waals surface area contributed by atoms with Gasteiger partial charge >= 0.3 is 0 Å². The number of hydrogen-bond donors (Lipinski definition) is 1. The van der Waals surface area contributed by atoms with E-state index in [1.165, 1.54) is 0 Å². The van der Waals surface area contributed by atoms with Crippen LogP contribution in [0, 0.1) is 11.8 Å². The van der Waals surface area contributed by atoms with Crippen LogP contribution in [-0.4, -0.2) is 61.0 Å². The summed E-state index contributed by atoms with van der Waals surface area (Å²) in [6.07, 6.45) is 0.866. The fourth-order valence-electron chi connectivity index (χ4n) is 4.37. The van der Waals surface area contributed by atoms with Crippen LogP contribution in [0.2, 0.25) is 0 Å². The van der Waals surface area contributed by atoms with Gasteiger partial charge < -0.3 is 13.9 Å². The molecule has 1 saturated carbocycles. The number of carbonyl (C=O) groups excluding carboxylic acids is 1. The Morgan fingerprint density at radius 1 is 1.06 bits per heavy atom. The van der Waals surface area contributed by atoms with Crippen LogP contribution in [0.15, 0.2) is 52.0 Å². The molecule has 2 fully saturated rings. The van der Waals surface area contributed by atoms with Crippen molar-refractivity contribution in [3.05, 3.63) is 48.0 Å². The third kappa shape index (κ3) is 3.76. The summed E-state index contributed by atoms with van der Waals surface area (Å²) in [5, 5.41) is 4.27. The first kappa shape index (κ1) is 19.5. The largest absolute Gasteiger partial charge is 0.492 e. The molecule has 0 radical (unpaired) electrons. The molecular weight excluding hydrogens is 408 g/mol. The van der Waals surface area contributed by atoms with Crippen LogP contribution < -0.4 is 10.2 Å². The maximum atomic E-state index is 11.7. The zero-order valence-electron chi connectivity index (χ0n) is 17.6. The summed E-state index contributed by atoms with van der Waals surface area (Å²) in [5.41, 5.74) is 6.91. The van der Waals surface area contributed by atoms with Crippen molar-refractivity contribution in [3.8, 4) is 17.2 Å². The van der Waals surface area contributed by atoms with Gasteiger partial charge in [-0.3, -0.25) is 9.69 Å². The zero-order chi connectivity index (χ0) is 21.5. The van der Waals surface area contributed by atoms with Crippen LogP contribution in [0.1, 0.15) is 12.0 Å². The first-order valence-corrected chi connectivity index (χ1v) is 11.1. The smallest absolute Gasteiger partial charge is 0.243 e. The summed E-state index contributed by atoms with van der Waals surface area (Å²) < 4.78 is 17.3. The van der Waals surface area contributed by atoms with E-state index in [0.29, 0.717) is 18.1 Å². The van der Waals surface area contributed by atoms with Crippen LogP contribution in [0.5, 0.6) is 5.75 Å². The molecular formula is C24H24N4O4. The summed E-state index contributed by atoms with van der Waals surface area (Å²) in [5.74, 6) is 1.71. The van der Waals surface area contributed by atoms with Gasteiger partial charge in [0.25, 0.3) is 0 Å². The maximum Gasteiger partial charge on any atom is 0.243 e. The Hall–Kier alpha value is -3.23. The fourth-order valence-corrected chi connectivity index (χ4v) is 4.37. The van der Waals surface area contributed by atoms with Crippen molar-refractivity contribution in [1.82, 2.24) is 15.3 Å². The Labute approximate surface area is 185 Å². The molecule has 6 rings (SSSR count). The lowest BCUT2D eigenvalue weighted by Gasteiger charge is -2.26. The molecule has 32 heavy (non-hydrogen) atoms. The van der Waals surface area contributed by atoms with Crippen LogP contribution in [0.3, 0.4) is 0 Å². The number of hydrogen-bond acceptors (Lipinski definition) is 7. The van der Waals surface area contributed by atoms with Crippen molar-refractivity contribution in [2.75, 3.05) is 39.5 Å². The van der Waals surface area contributed by atoms with Crippen molar-refractivity contribution in [3.63, 3.8) is 0 Å². The van der Waals surface area contributed by atoms with Gasteiger partial charge in [0.15, 0.2) is 5.58 Å². The number of oxazole rings is 1. The standard InChI is InChI=1S/C24H24N4O4/c29-23-19-14-18(19)22(26-27-23)16-3-6-20-21(13-16)32-24(25-20)15-1-4-17(5-2-15)31-12-9-28-7-10-30-11-8-28/h1-6,13,18-19H,7-12,14H2,(H,27,29). The molecule has 8 heteroatoms. The van der Waals surface area contributed by atoms with Gasteiger partial charge in [-0.1, -0.05) is 6.07 Å². The highest BCUT2D eigenvalue weighted by Gasteiger charge is 2.49. The molecule has 3 aliphatic rings. The molecule has 2 aliphatic heterocycles. The van der Waals surface area contributed by atoms with Crippen molar-refractivity contribution in [1.29, 1.82) is 0 Å². The van der Waals surface area contributed by atoms with Crippen molar-refractivity contribution >= 4 is 22.7 Å². The molecule has 2 atom stereocenters. The Morgan fingerprint density at radius 3 is 2.72 bits per heavy atom. The zero-order valence-corrected chi connectivity index (χ0v) is 17.6. The molecule has 0 spiro atoms. The second-order valence-corrected chi connectivity index (χ2v) is 8.45. The minimum atomic E-state index is 0.0234. The molecule has 1 amide bonds. The highest BCUT2D eigenvalue weighted by molar-refractivity contribution is 6.10. The van der Waals surface area contributed by atoms with Crippen LogP contribution in [0.4, 0.5) is 0 Å². The highest BCUT2D eigenvalue weighted by atomic mass is 16.5. The molecule has 1 N–H and O–H groups in total. The first-order chi connectivity index (χ1) is 15.7. The quantitative estimate of drug-likeness (QED) is 0.644. The summed E-state index contributed by atoms with van der Waals surface area (Å²) in [6, 6.07) is 13.7. The number of fused-ring (bicyclic) bond motifs is 2. The predicted octanol–water partition coefficient (Wildman–Crippen LogP) is 2.68. The average molecular weight is 432 g/mol. The number of nitrogens with one attached hydrogen (secondary N) is 1. The van der Waals surface area contributed by atoms with Crippen LogP contribution in [0.25, 0.3) is 22.6 Å². The summed E-state index contributed by atoms with van der Waals surface area (Å²) >= 11 is 0. The minimum absolute atomic E-state index is 0.0234. The van der Waals surface area contributed by atoms with E-state index in [4.69, 9.17) is 13.9 Å². The monoisotopic (exact) mass is 432 g/mol. The molecule has 3 heterocycles. The van der Waals surface area contributed by atoms with E-state index in [-0.39, 0.29) is 17.7 Å². The Balaban J connectivity index is 1.14. The Bertz CT molecular complexity index is 1180. The SMILES string of the molecule is O=C1NN=C(c2ccc3nc(-c4ccc(OCCN5CCOCC5)cc4)oc3c2)C2CC12. The van der Waals surface area contributed by atoms with E-state index < -0.39 is 0 Å². The molecule has 2 aromatic carbocycles. The second kappa shape index (κ2) is 8.03. The van der Waals surface area contributed by atoms with E-state index >= 15 is 0 Å². The van der Waals surface area contributed by atoms with Gasteiger partial charge in [-0.15, -0.1) is 0 Å². The van der Waals surface area contributed by atoms with E-state index in [1.54, 1.807) is 0 Å². The van der Waals surface area contributed by atoms with Gasteiger partial charge in [0.2, 0.25) is 11.8 Å². The molecule has 1 saturated heterocycles. The van der Waals surface area contributed by atoms with Crippen LogP contribution >= 0.6 is 0 Å². The van der Waals surface area contributed by atoms with Crippen LogP contribution in [-0.2, 0) is 9.53 Å². The number of benzene rings is 2. The van der Waals surface area contributed by atoms with Gasteiger partial charge in [0.05, 0.1) is 18.9 Å². The highest BCUT2D eigenvalue weighted by Crippen LogP contribution is 2.43. The number of amides is 1. The summed E-state index contributed by atoms with van der Waals surface area (Å²) in [4.78, 5) is 18.7. The number of aromatic nitrogens is 1. The molecule has 8 nitrogen and oxygen atoms in total. The van der Waals surface area contributed by atoms with Crippen molar-refractivity contribution in [2.45, 2.75) is 6.42 Å². The lowest BCUT2D eigenvalue weighted by Crippen LogP contribution is -2.38. The molecule has 0 bridgehead atoms. The van der Waals surface area contributed by atoms with Gasteiger partial charge in [-0.05, 0) is 42.8 Å². The molecule has 164 valence electrons. The van der Waals surface area contributed by atoms with Crippen molar-refractivity contribution in [2.24, 2.45) is 16.9 Å². The Morgan fingerprint density at radius 2 is 1.88 bits per heavy atom. The third-order valence-electron chi connectivity index (χ3n) is 6.33. The second-order valence-electron chi connectivity index (χ2n) is 8.45. The molecule has 1 aromatic heterocycles. The van der Waals surface area contributed by atoms with E-state index in [9.17, 15) is 4.79 Å². The van der Waals surface area contributed by atoms with Gasteiger partial charge in [-0.25, -0.2) is 10.4 Å². The van der Waals surface area contributed by atoms with E-state index in [0.717, 1.165) is 67.4 Å². The minimum Gasteiger partial charge on any atom is -0.492 e. The summed E-state index contributed by atoms with van der Waals surface area (Å²) in [6.45, 7) is 5.07. The third-order valence-corrected chi connectivity index (χ3v) is 6.33. The van der Waals surface area contributed by atoms with E-state index in [1.807, 2.05) is 42.5 Å². The number of morpholine rings is 1. The topological polar surface area (TPSA) is 89.2 Å². The summed E-state index contributed by atoms with van der Waals surface area (Å²) in [7, 11) is 0.